The van der Waals surface area contributed by atoms with Gasteiger partial charge in [0.05, 0.1) is 33.9 Å². The van der Waals surface area contributed by atoms with Crippen LogP contribution in [-0.2, 0) is 21.2 Å². The molecule has 3 rings (SSSR count). The molecule has 0 bridgehead atoms. The molecule has 0 radical (unpaired) electrons. The highest BCUT2D eigenvalue weighted by Gasteiger charge is 2.23. The lowest BCUT2D eigenvalue weighted by molar-refractivity contribution is -0.115. The summed E-state index contributed by atoms with van der Waals surface area (Å²) in [6.45, 7) is 4.26. The third-order valence-corrected chi connectivity index (χ3v) is 6.95. The molecular weight excluding hydrogens is 424 g/mol. The molecule has 0 atom stereocenters. The molecule has 0 saturated carbocycles. The summed E-state index contributed by atoms with van der Waals surface area (Å²) in [6.07, 6.45) is 3.48. The lowest BCUT2D eigenvalue weighted by Crippen LogP contribution is -2.30. The van der Waals surface area contributed by atoms with Gasteiger partial charge < -0.3 is 5.32 Å². The number of aromatic nitrogens is 2. The molecule has 0 saturated heterocycles. The maximum Gasteiger partial charge on any atom is 0.243 e. The van der Waals surface area contributed by atoms with Crippen molar-refractivity contribution in [2.75, 3.05) is 18.4 Å². The molecule has 0 fully saturated rings. The first kappa shape index (κ1) is 22.0. The van der Waals surface area contributed by atoms with Crippen molar-refractivity contribution in [1.82, 2.24) is 14.1 Å². The summed E-state index contributed by atoms with van der Waals surface area (Å²) in [5.41, 5.74) is 1.87. The van der Waals surface area contributed by atoms with Crippen LogP contribution in [0.5, 0.6) is 0 Å². The summed E-state index contributed by atoms with van der Waals surface area (Å²) in [5.74, 6) is -0.318. The highest BCUT2D eigenvalue weighted by Crippen LogP contribution is 2.27. The number of amides is 1. The maximum atomic E-state index is 12.7. The van der Waals surface area contributed by atoms with Gasteiger partial charge in [-0.2, -0.15) is 9.40 Å². The monoisotopic (exact) mass is 446 g/mol. The van der Waals surface area contributed by atoms with Crippen LogP contribution in [0.4, 0.5) is 5.69 Å². The zero-order valence-electron chi connectivity index (χ0n) is 16.7. The number of para-hydroxylation sites is 1. The van der Waals surface area contributed by atoms with Gasteiger partial charge in [0.25, 0.3) is 0 Å². The standard InChI is InChI=1S/C21H23ClN4O3S/c1-3-25(4-2)30(28,29)18-10-11-19(22)20(13-18)24-21(27)12-16-14-23-26(15-16)17-8-6-5-7-9-17/h5-11,13-15H,3-4,12H2,1-2H3,(H,24,27). The number of benzene rings is 2. The van der Waals surface area contributed by atoms with E-state index in [1.807, 2.05) is 30.3 Å². The molecule has 0 unspecified atom stereocenters. The number of sulfonamides is 1. The van der Waals surface area contributed by atoms with Crippen molar-refractivity contribution in [1.29, 1.82) is 0 Å². The Labute approximate surface area is 181 Å². The Bertz CT molecular complexity index is 1130. The van der Waals surface area contributed by atoms with Gasteiger partial charge in [0, 0.05) is 19.3 Å². The molecule has 158 valence electrons. The minimum atomic E-state index is -3.65. The lowest BCUT2D eigenvalue weighted by atomic mass is 10.2. The van der Waals surface area contributed by atoms with Crippen molar-refractivity contribution in [3.05, 3.63) is 71.5 Å². The molecule has 1 aromatic heterocycles. The fourth-order valence-electron chi connectivity index (χ4n) is 3.03. The first-order valence-corrected chi connectivity index (χ1v) is 11.4. The second kappa shape index (κ2) is 9.42. The molecule has 30 heavy (non-hydrogen) atoms. The van der Waals surface area contributed by atoms with E-state index in [9.17, 15) is 13.2 Å². The smallest absolute Gasteiger partial charge is 0.243 e. The lowest BCUT2D eigenvalue weighted by Gasteiger charge is -2.19. The third-order valence-electron chi connectivity index (χ3n) is 4.58. The topological polar surface area (TPSA) is 84.3 Å². The van der Waals surface area contributed by atoms with Gasteiger partial charge in [-0.05, 0) is 35.9 Å². The fraction of sp³-hybridized carbons (Fsp3) is 0.238. The quantitative estimate of drug-likeness (QED) is 0.571. The summed E-state index contributed by atoms with van der Waals surface area (Å²) in [4.78, 5) is 12.6. The van der Waals surface area contributed by atoms with Gasteiger partial charge in [0.2, 0.25) is 15.9 Å². The van der Waals surface area contributed by atoms with Gasteiger partial charge in [-0.1, -0.05) is 43.6 Å². The number of hydrogen-bond donors (Lipinski definition) is 1. The average molecular weight is 447 g/mol. The van der Waals surface area contributed by atoms with Crippen LogP contribution in [-0.4, -0.2) is 41.5 Å². The summed E-state index contributed by atoms with van der Waals surface area (Å²) in [7, 11) is -3.65. The van der Waals surface area contributed by atoms with E-state index in [1.165, 1.54) is 22.5 Å². The van der Waals surface area contributed by atoms with Crippen molar-refractivity contribution in [2.45, 2.75) is 25.2 Å². The molecule has 3 aromatic rings. The minimum Gasteiger partial charge on any atom is -0.324 e. The van der Waals surface area contributed by atoms with Crippen LogP contribution < -0.4 is 5.32 Å². The predicted octanol–water partition coefficient (Wildman–Crippen LogP) is 3.74. The van der Waals surface area contributed by atoms with E-state index in [0.717, 1.165) is 11.3 Å². The van der Waals surface area contributed by atoms with E-state index in [2.05, 4.69) is 10.4 Å². The normalized spacial score (nSPS) is 11.6. The molecule has 9 heteroatoms. The molecule has 0 aliphatic heterocycles. The molecule has 7 nitrogen and oxygen atoms in total. The minimum absolute atomic E-state index is 0.0795. The van der Waals surface area contributed by atoms with E-state index in [4.69, 9.17) is 11.6 Å². The second-order valence-corrected chi connectivity index (χ2v) is 8.93. The SMILES string of the molecule is CCN(CC)S(=O)(=O)c1ccc(Cl)c(NC(=O)Cc2cnn(-c3ccccc3)c2)c1. The molecule has 1 amide bonds. The number of hydrogen-bond acceptors (Lipinski definition) is 4. The number of halogens is 1. The summed E-state index contributed by atoms with van der Waals surface area (Å²) >= 11 is 6.19. The third kappa shape index (κ3) is 4.89. The van der Waals surface area contributed by atoms with Crippen LogP contribution in [0.3, 0.4) is 0 Å². The zero-order valence-corrected chi connectivity index (χ0v) is 18.3. The van der Waals surface area contributed by atoms with E-state index < -0.39 is 10.0 Å². The first-order valence-electron chi connectivity index (χ1n) is 9.53. The number of nitrogens with one attached hydrogen (secondary N) is 1. The van der Waals surface area contributed by atoms with Gasteiger partial charge in [0.15, 0.2) is 0 Å². The van der Waals surface area contributed by atoms with Crippen LogP contribution in [0, 0.1) is 0 Å². The van der Waals surface area contributed by atoms with Crippen molar-refractivity contribution < 1.29 is 13.2 Å². The molecule has 0 aliphatic rings. The average Bonchev–Trinajstić information content (AvgIpc) is 3.19. The Hall–Kier alpha value is -2.68. The Morgan fingerprint density at radius 1 is 1.13 bits per heavy atom. The maximum absolute atomic E-state index is 12.7. The van der Waals surface area contributed by atoms with Crippen LogP contribution in [0.15, 0.2) is 65.8 Å². The number of anilines is 1. The highest BCUT2D eigenvalue weighted by atomic mass is 35.5. The van der Waals surface area contributed by atoms with E-state index >= 15 is 0 Å². The number of nitrogens with zero attached hydrogens (tertiary/aromatic N) is 3. The molecular formula is C21H23ClN4O3S. The Balaban J connectivity index is 1.75. The Kier molecular flexibility index (Phi) is 6.91. The van der Waals surface area contributed by atoms with E-state index in [0.29, 0.717) is 13.1 Å². The van der Waals surface area contributed by atoms with Gasteiger partial charge in [-0.3, -0.25) is 4.79 Å². The molecule has 0 aliphatic carbocycles. The van der Waals surface area contributed by atoms with Crippen molar-refractivity contribution >= 4 is 33.2 Å². The summed E-state index contributed by atoms with van der Waals surface area (Å²) in [5, 5.41) is 7.24. The van der Waals surface area contributed by atoms with Crippen LogP contribution in [0.1, 0.15) is 19.4 Å². The van der Waals surface area contributed by atoms with Gasteiger partial charge in [-0.25, -0.2) is 13.1 Å². The molecule has 2 aromatic carbocycles. The van der Waals surface area contributed by atoms with Crippen LogP contribution in [0.25, 0.3) is 5.69 Å². The molecule has 1 heterocycles. The second-order valence-electron chi connectivity index (χ2n) is 6.58. The largest absolute Gasteiger partial charge is 0.324 e. The van der Waals surface area contributed by atoms with Crippen LogP contribution in [0.2, 0.25) is 5.02 Å². The Morgan fingerprint density at radius 3 is 2.50 bits per heavy atom. The van der Waals surface area contributed by atoms with Gasteiger partial charge >= 0.3 is 0 Å². The summed E-state index contributed by atoms with van der Waals surface area (Å²) in [6, 6.07) is 13.9. The van der Waals surface area contributed by atoms with Gasteiger partial charge in [0.1, 0.15) is 0 Å². The van der Waals surface area contributed by atoms with Crippen LogP contribution >= 0.6 is 11.6 Å². The molecule has 0 spiro atoms. The number of carbonyl (C=O) groups is 1. The van der Waals surface area contributed by atoms with Crippen molar-refractivity contribution in [2.24, 2.45) is 0 Å². The first-order chi connectivity index (χ1) is 14.3. The number of rotatable bonds is 8. The zero-order chi connectivity index (χ0) is 21.7. The van der Waals surface area contributed by atoms with Gasteiger partial charge in [-0.15, -0.1) is 0 Å². The Morgan fingerprint density at radius 2 is 1.83 bits per heavy atom. The highest BCUT2D eigenvalue weighted by molar-refractivity contribution is 7.89. The van der Waals surface area contributed by atoms with E-state index in [-0.39, 0.29) is 27.9 Å². The summed E-state index contributed by atoms with van der Waals surface area (Å²) < 4.78 is 28.5. The van der Waals surface area contributed by atoms with Crippen molar-refractivity contribution in [3.63, 3.8) is 0 Å². The van der Waals surface area contributed by atoms with Crippen molar-refractivity contribution in [3.8, 4) is 5.69 Å². The number of carbonyl (C=O) groups excluding carboxylic acids is 1. The predicted molar refractivity (Wildman–Crippen MR) is 117 cm³/mol. The molecule has 1 N–H and O–H groups in total. The van der Waals surface area contributed by atoms with E-state index in [1.54, 1.807) is 30.9 Å². The fourth-order valence-corrected chi connectivity index (χ4v) is 4.68.